The SMILES string of the molecule is CCN(CC)CCc1cc2c(c(-c3ccc(F)cc3)c1C#N)COC2. The zero-order valence-electron chi connectivity index (χ0n) is 14.8. The molecule has 0 atom stereocenters. The molecule has 1 heterocycles. The first-order valence-corrected chi connectivity index (χ1v) is 8.81. The van der Waals surface area contributed by atoms with Crippen molar-refractivity contribution in [1.82, 2.24) is 4.90 Å². The number of rotatable bonds is 6. The third kappa shape index (κ3) is 3.58. The molecular weight excluding hydrogens is 315 g/mol. The molecule has 130 valence electrons. The van der Waals surface area contributed by atoms with Crippen LogP contribution < -0.4 is 0 Å². The molecule has 0 saturated heterocycles. The summed E-state index contributed by atoms with van der Waals surface area (Å²) in [4.78, 5) is 2.35. The van der Waals surface area contributed by atoms with E-state index in [0.29, 0.717) is 18.8 Å². The number of hydrogen-bond acceptors (Lipinski definition) is 3. The van der Waals surface area contributed by atoms with Gasteiger partial charge in [0, 0.05) is 12.1 Å². The summed E-state index contributed by atoms with van der Waals surface area (Å²) in [5.41, 5.74) is 5.75. The van der Waals surface area contributed by atoms with Crippen molar-refractivity contribution in [2.24, 2.45) is 0 Å². The average Bonchev–Trinajstić information content (AvgIpc) is 3.10. The number of benzene rings is 2. The Morgan fingerprint density at radius 1 is 1.16 bits per heavy atom. The summed E-state index contributed by atoms with van der Waals surface area (Å²) < 4.78 is 19.0. The molecule has 0 unspecified atom stereocenters. The van der Waals surface area contributed by atoms with Gasteiger partial charge in [-0.3, -0.25) is 0 Å². The quantitative estimate of drug-likeness (QED) is 0.789. The highest BCUT2D eigenvalue weighted by molar-refractivity contribution is 5.77. The van der Waals surface area contributed by atoms with E-state index in [2.05, 4.69) is 30.9 Å². The van der Waals surface area contributed by atoms with Gasteiger partial charge in [0.2, 0.25) is 0 Å². The molecule has 0 fully saturated rings. The first-order chi connectivity index (χ1) is 12.2. The van der Waals surface area contributed by atoms with E-state index in [1.807, 2.05) is 0 Å². The van der Waals surface area contributed by atoms with Gasteiger partial charge in [0.15, 0.2) is 0 Å². The van der Waals surface area contributed by atoms with Crippen LogP contribution in [0.25, 0.3) is 11.1 Å². The molecule has 0 aliphatic carbocycles. The molecule has 2 aromatic rings. The minimum absolute atomic E-state index is 0.271. The highest BCUT2D eigenvalue weighted by Gasteiger charge is 2.23. The zero-order valence-corrected chi connectivity index (χ0v) is 14.8. The van der Waals surface area contributed by atoms with Crippen molar-refractivity contribution in [3.05, 3.63) is 58.4 Å². The second kappa shape index (κ2) is 7.77. The lowest BCUT2D eigenvalue weighted by Gasteiger charge is -2.20. The second-order valence-corrected chi connectivity index (χ2v) is 6.31. The largest absolute Gasteiger partial charge is 0.372 e. The Balaban J connectivity index is 2.07. The zero-order chi connectivity index (χ0) is 17.8. The van der Waals surface area contributed by atoms with Gasteiger partial charge in [0.25, 0.3) is 0 Å². The van der Waals surface area contributed by atoms with Gasteiger partial charge in [-0.15, -0.1) is 0 Å². The molecule has 0 amide bonds. The monoisotopic (exact) mass is 338 g/mol. The summed E-state index contributed by atoms with van der Waals surface area (Å²) in [6.07, 6.45) is 0.825. The van der Waals surface area contributed by atoms with Crippen LogP contribution in [0.2, 0.25) is 0 Å². The molecule has 3 rings (SSSR count). The fourth-order valence-electron chi connectivity index (χ4n) is 3.48. The van der Waals surface area contributed by atoms with Crippen molar-refractivity contribution >= 4 is 0 Å². The fraction of sp³-hybridized carbons (Fsp3) is 0.381. The highest BCUT2D eigenvalue weighted by Crippen LogP contribution is 2.36. The third-order valence-electron chi connectivity index (χ3n) is 4.95. The third-order valence-corrected chi connectivity index (χ3v) is 4.95. The van der Waals surface area contributed by atoms with E-state index in [1.165, 1.54) is 12.1 Å². The Hall–Kier alpha value is -2.22. The minimum atomic E-state index is -0.271. The van der Waals surface area contributed by atoms with E-state index in [4.69, 9.17) is 4.74 Å². The minimum Gasteiger partial charge on any atom is -0.372 e. The van der Waals surface area contributed by atoms with E-state index in [1.54, 1.807) is 12.1 Å². The molecule has 3 nitrogen and oxygen atoms in total. The predicted octanol–water partition coefficient (Wildman–Crippen LogP) is 4.28. The maximum absolute atomic E-state index is 13.3. The predicted molar refractivity (Wildman–Crippen MR) is 96.5 cm³/mol. The maximum atomic E-state index is 13.3. The van der Waals surface area contributed by atoms with Gasteiger partial charge in [0.05, 0.1) is 18.8 Å². The molecule has 0 saturated carbocycles. The van der Waals surface area contributed by atoms with Gasteiger partial charge < -0.3 is 9.64 Å². The molecule has 0 spiro atoms. The van der Waals surface area contributed by atoms with Crippen LogP contribution in [0.4, 0.5) is 4.39 Å². The van der Waals surface area contributed by atoms with Crippen LogP contribution in [0.3, 0.4) is 0 Å². The topological polar surface area (TPSA) is 36.3 Å². The van der Waals surface area contributed by atoms with Crippen molar-refractivity contribution < 1.29 is 9.13 Å². The Labute approximate surface area is 148 Å². The molecule has 2 aromatic carbocycles. The summed E-state index contributed by atoms with van der Waals surface area (Å²) in [6.45, 7) is 8.30. The van der Waals surface area contributed by atoms with Gasteiger partial charge in [-0.2, -0.15) is 5.26 Å². The first-order valence-electron chi connectivity index (χ1n) is 8.81. The smallest absolute Gasteiger partial charge is 0.123 e. The second-order valence-electron chi connectivity index (χ2n) is 6.31. The molecule has 0 bridgehead atoms. The molecule has 1 aliphatic rings. The lowest BCUT2D eigenvalue weighted by molar-refractivity contribution is 0.134. The van der Waals surface area contributed by atoms with Gasteiger partial charge in [-0.25, -0.2) is 4.39 Å². The van der Waals surface area contributed by atoms with E-state index >= 15 is 0 Å². The lowest BCUT2D eigenvalue weighted by Crippen LogP contribution is -2.25. The first kappa shape index (κ1) is 17.6. The summed E-state index contributed by atoms with van der Waals surface area (Å²) in [5, 5.41) is 9.85. The van der Waals surface area contributed by atoms with Crippen LogP contribution in [0.15, 0.2) is 30.3 Å². The maximum Gasteiger partial charge on any atom is 0.123 e. The van der Waals surface area contributed by atoms with Crippen molar-refractivity contribution in [3.8, 4) is 17.2 Å². The number of nitrogens with zero attached hydrogens (tertiary/aromatic N) is 2. The van der Waals surface area contributed by atoms with Crippen LogP contribution in [0.1, 0.15) is 36.1 Å². The van der Waals surface area contributed by atoms with E-state index < -0.39 is 0 Å². The van der Waals surface area contributed by atoms with Crippen molar-refractivity contribution in [3.63, 3.8) is 0 Å². The Kier molecular flexibility index (Phi) is 5.47. The number of ether oxygens (including phenoxy) is 1. The molecule has 0 N–H and O–H groups in total. The van der Waals surface area contributed by atoms with Crippen LogP contribution in [0, 0.1) is 17.1 Å². The Bertz CT molecular complexity index is 789. The molecule has 0 radical (unpaired) electrons. The summed E-state index contributed by atoms with van der Waals surface area (Å²) in [6, 6.07) is 10.9. The number of fused-ring (bicyclic) bond motifs is 1. The fourth-order valence-corrected chi connectivity index (χ4v) is 3.48. The van der Waals surface area contributed by atoms with Crippen molar-refractivity contribution in [2.45, 2.75) is 33.5 Å². The van der Waals surface area contributed by atoms with Crippen LogP contribution in [-0.4, -0.2) is 24.5 Å². The Morgan fingerprint density at radius 3 is 2.52 bits per heavy atom. The molecule has 1 aliphatic heterocycles. The van der Waals surface area contributed by atoms with Crippen LogP contribution in [-0.2, 0) is 24.4 Å². The standard InChI is InChI=1S/C21H23FN2O/c1-3-24(4-2)10-9-16-11-17-13-25-14-20(17)21(19(16)12-23)15-5-7-18(22)8-6-15/h5-8,11H,3-4,9-10,13-14H2,1-2H3. The van der Waals surface area contributed by atoms with E-state index in [0.717, 1.165) is 53.9 Å². The number of likely N-dealkylation sites (N-methyl/N-ethyl adjacent to an activating group) is 1. The van der Waals surface area contributed by atoms with Crippen molar-refractivity contribution in [2.75, 3.05) is 19.6 Å². The number of hydrogen-bond donors (Lipinski definition) is 0. The normalized spacial score (nSPS) is 13.1. The molecular formula is C21H23FN2O. The summed E-state index contributed by atoms with van der Waals surface area (Å²) >= 11 is 0. The van der Waals surface area contributed by atoms with Crippen LogP contribution in [0.5, 0.6) is 0 Å². The molecule has 25 heavy (non-hydrogen) atoms. The molecule has 0 aromatic heterocycles. The van der Waals surface area contributed by atoms with Gasteiger partial charge >= 0.3 is 0 Å². The van der Waals surface area contributed by atoms with E-state index in [9.17, 15) is 9.65 Å². The van der Waals surface area contributed by atoms with Gasteiger partial charge in [0.1, 0.15) is 11.9 Å². The summed E-state index contributed by atoms with van der Waals surface area (Å²) in [5.74, 6) is -0.271. The van der Waals surface area contributed by atoms with E-state index in [-0.39, 0.29) is 5.82 Å². The number of nitriles is 1. The van der Waals surface area contributed by atoms with Crippen LogP contribution >= 0.6 is 0 Å². The van der Waals surface area contributed by atoms with Gasteiger partial charge in [-0.1, -0.05) is 32.0 Å². The lowest BCUT2D eigenvalue weighted by atomic mass is 9.88. The van der Waals surface area contributed by atoms with Gasteiger partial charge in [-0.05, 0) is 53.9 Å². The Morgan fingerprint density at radius 2 is 1.88 bits per heavy atom. The highest BCUT2D eigenvalue weighted by atomic mass is 19.1. The van der Waals surface area contributed by atoms with Crippen molar-refractivity contribution in [1.29, 1.82) is 5.26 Å². The number of halogens is 1. The molecule has 4 heteroatoms. The average molecular weight is 338 g/mol. The summed E-state index contributed by atoms with van der Waals surface area (Å²) in [7, 11) is 0.